The van der Waals surface area contributed by atoms with E-state index in [0.29, 0.717) is 41.2 Å². The van der Waals surface area contributed by atoms with Crippen LogP contribution in [-0.2, 0) is 6.42 Å². The first kappa shape index (κ1) is 17.7. The number of carboxylic acid groups (broad SMARTS) is 1. The van der Waals surface area contributed by atoms with Crippen LogP contribution in [0.15, 0.2) is 60.4 Å². The number of aromatic carboxylic acids is 1. The van der Waals surface area contributed by atoms with Gasteiger partial charge in [0.25, 0.3) is 0 Å². The Kier molecular flexibility index (Phi) is 4.49. The van der Waals surface area contributed by atoms with Crippen LogP contribution in [0.25, 0.3) is 5.82 Å². The van der Waals surface area contributed by atoms with Crippen LogP contribution in [0.5, 0.6) is 0 Å². The Balaban J connectivity index is 1.65. The molecule has 2 heterocycles. The van der Waals surface area contributed by atoms with Crippen molar-refractivity contribution >= 4 is 17.4 Å². The van der Waals surface area contributed by atoms with Crippen LogP contribution in [0.1, 0.15) is 38.5 Å². The Morgan fingerprint density at radius 3 is 2.71 bits per heavy atom. The molecule has 4 rings (SSSR count). The number of carboxylic acids is 1. The summed E-state index contributed by atoms with van der Waals surface area (Å²) < 4.78 is 1.73. The molecule has 1 aromatic carbocycles. The number of carbonyl (C=O) groups excluding carboxylic acids is 1. The van der Waals surface area contributed by atoms with Gasteiger partial charge in [-0.15, -0.1) is 0 Å². The fraction of sp³-hybridized carbons (Fsp3) is 0.143. The molecule has 3 aromatic rings. The zero-order valence-electron chi connectivity index (χ0n) is 15.2. The van der Waals surface area contributed by atoms with Gasteiger partial charge in [0.15, 0.2) is 11.6 Å². The van der Waals surface area contributed by atoms with Gasteiger partial charge in [0.1, 0.15) is 0 Å². The van der Waals surface area contributed by atoms with Crippen molar-refractivity contribution in [3.8, 4) is 5.82 Å². The molecule has 1 aliphatic rings. The van der Waals surface area contributed by atoms with Crippen molar-refractivity contribution in [1.29, 1.82) is 0 Å². The minimum Gasteiger partial charge on any atom is -0.478 e. The van der Waals surface area contributed by atoms with Crippen LogP contribution < -0.4 is 5.32 Å². The molecule has 2 aromatic heterocycles. The molecule has 0 amide bonds. The molecular formula is C21H18N4O3. The maximum Gasteiger partial charge on any atom is 0.337 e. The van der Waals surface area contributed by atoms with Gasteiger partial charge in [0.2, 0.25) is 0 Å². The number of hydrogen-bond donors (Lipinski definition) is 2. The van der Waals surface area contributed by atoms with Crippen molar-refractivity contribution in [3.63, 3.8) is 0 Å². The molecule has 0 fully saturated rings. The van der Waals surface area contributed by atoms with Crippen LogP contribution in [0.2, 0.25) is 0 Å². The van der Waals surface area contributed by atoms with E-state index in [9.17, 15) is 14.7 Å². The lowest BCUT2D eigenvalue weighted by Crippen LogP contribution is -2.17. The van der Waals surface area contributed by atoms with E-state index < -0.39 is 5.97 Å². The number of anilines is 1. The lowest BCUT2D eigenvalue weighted by molar-refractivity contribution is 0.0697. The van der Waals surface area contributed by atoms with Gasteiger partial charge in [0.05, 0.1) is 28.2 Å². The summed E-state index contributed by atoms with van der Waals surface area (Å²) in [6.45, 7) is 1.81. The molecule has 0 spiro atoms. The molecule has 2 N–H and O–H groups in total. The number of carbonyl (C=O) groups is 2. The van der Waals surface area contributed by atoms with E-state index in [-0.39, 0.29) is 11.3 Å². The predicted octanol–water partition coefficient (Wildman–Crippen LogP) is 3.40. The summed E-state index contributed by atoms with van der Waals surface area (Å²) in [5, 5.41) is 16.8. The maximum atomic E-state index is 13.0. The number of allylic oxidation sites excluding steroid dienone is 1. The Morgan fingerprint density at radius 1 is 1.18 bits per heavy atom. The molecule has 7 nitrogen and oxygen atoms in total. The van der Waals surface area contributed by atoms with Gasteiger partial charge in [-0.3, -0.25) is 4.79 Å². The van der Waals surface area contributed by atoms with Crippen LogP contribution in [0.3, 0.4) is 0 Å². The number of benzene rings is 1. The van der Waals surface area contributed by atoms with Crippen LogP contribution in [0, 0.1) is 6.92 Å². The summed E-state index contributed by atoms with van der Waals surface area (Å²) in [5.74, 6) is -0.437. The van der Waals surface area contributed by atoms with E-state index in [2.05, 4.69) is 15.4 Å². The predicted molar refractivity (Wildman–Crippen MR) is 104 cm³/mol. The second-order valence-corrected chi connectivity index (χ2v) is 6.50. The molecule has 0 saturated heterocycles. The quantitative estimate of drug-likeness (QED) is 0.680. The van der Waals surface area contributed by atoms with Crippen molar-refractivity contribution in [2.75, 3.05) is 5.32 Å². The Morgan fingerprint density at radius 2 is 1.96 bits per heavy atom. The van der Waals surface area contributed by atoms with Gasteiger partial charge < -0.3 is 10.4 Å². The highest BCUT2D eigenvalue weighted by Crippen LogP contribution is 2.29. The molecule has 0 aliphatic heterocycles. The van der Waals surface area contributed by atoms with Gasteiger partial charge in [-0.05, 0) is 44.0 Å². The first-order chi connectivity index (χ1) is 13.6. The standard InChI is InChI=1S/C21H18N4O3/c1-13-19-17(25(24-13)18-8-4-5-11-22-18)10-9-14(20(19)26)12-23-16-7-3-2-6-15(16)21(27)28/h2-8,11-12,23H,9-10H2,1H3,(H,27,28)/b14-12+. The molecule has 0 saturated carbocycles. The Labute approximate surface area is 161 Å². The van der Waals surface area contributed by atoms with Crippen molar-refractivity contribution in [2.24, 2.45) is 0 Å². The van der Waals surface area contributed by atoms with E-state index in [1.807, 2.05) is 25.1 Å². The monoisotopic (exact) mass is 374 g/mol. The van der Waals surface area contributed by atoms with E-state index in [1.54, 1.807) is 35.3 Å². The third-order valence-electron chi connectivity index (χ3n) is 4.73. The number of Topliss-reactive ketones (excluding diaryl/α,β-unsaturated/α-hetero) is 1. The smallest absolute Gasteiger partial charge is 0.337 e. The lowest BCUT2D eigenvalue weighted by Gasteiger charge is -2.16. The van der Waals surface area contributed by atoms with Gasteiger partial charge in [-0.2, -0.15) is 5.10 Å². The van der Waals surface area contributed by atoms with Gasteiger partial charge in [0, 0.05) is 18.0 Å². The highest BCUT2D eigenvalue weighted by molar-refractivity contribution is 6.11. The molecule has 0 unspecified atom stereocenters. The van der Waals surface area contributed by atoms with E-state index in [0.717, 1.165) is 5.69 Å². The summed E-state index contributed by atoms with van der Waals surface area (Å²) in [6, 6.07) is 12.2. The van der Waals surface area contributed by atoms with Gasteiger partial charge >= 0.3 is 5.97 Å². The third kappa shape index (κ3) is 3.07. The normalized spacial score (nSPS) is 14.8. The molecule has 0 bridgehead atoms. The fourth-order valence-corrected chi connectivity index (χ4v) is 3.40. The van der Waals surface area contributed by atoms with Crippen LogP contribution >= 0.6 is 0 Å². The topological polar surface area (TPSA) is 97.1 Å². The molecule has 28 heavy (non-hydrogen) atoms. The summed E-state index contributed by atoms with van der Waals surface area (Å²) in [4.78, 5) is 28.7. The summed E-state index contributed by atoms with van der Waals surface area (Å²) in [7, 11) is 0. The van der Waals surface area contributed by atoms with Gasteiger partial charge in [-0.25, -0.2) is 14.5 Å². The number of nitrogens with one attached hydrogen (secondary N) is 1. The second kappa shape index (κ2) is 7.11. The number of rotatable bonds is 4. The van der Waals surface area contributed by atoms with Crippen molar-refractivity contribution in [3.05, 3.63) is 82.9 Å². The van der Waals surface area contributed by atoms with Crippen molar-refractivity contribution < 1.29 is 14.7 Å². The lowest BCUT2D eigenvalue weighted by atomic mass is 9.90. The second-order valence-electron chi connectivity index (χ2n) is 6.50. The number of aryl methyl sites for hydroxylation is 1. The van der Waals surface area contributed by atoms with E-state index in [4.69, 9.17) is 0 Å². The number of nitrogens with zero attached hydrogens (tertiary/aromatic N) is 3. The molecule has 1 aliphatic carbocycles. The Bertz CT molecular complexity index is 1100. The Hall–Kier alpha value is -3.74. The maximum absolute atomic E-state index is 13.0. The van der Waals surface area contributed by atoms with Gasteiger partial charge in [-0.1, -0.05) is 18.2 Å². The zero-order valence-corrected chi connectivity index (χ0v) is 15.2. The average Bonchev–Trinajstić information content (AvgIpc) is 3.05. The number of para-hydroxylation sites is 1. The van der Waals surface area contributed by atoms with Crippen molar-refractivity contribution in [1.82, 2.24) is 14.8 Å². The minimum absolute atomic E-state index is 0.0961. The van der Waals surface area contributed by atoms with E-state index in [1.165, 1.54) is 6.07 Å². The number of aromatic nitrogens is 3. The minimum atomic E-state index is -1.02. The van der Waals surface area contributed by atoms with Crippen LogP contribution in [-0.4, -0.2) is 31.6 Å². The fourth-order valence-electron chi connectivity index (χ4n) is 3.40. The molecule has 140 valence electrons. The molecule has 0 radical (unpaired) electrons. The van der Waals surface area contributed by atoms with E-state index >= 15 is 0 Å². The third-order valence-corrected chi connectivity index (χ3v) is 4.73. The van der Waals surface area contributed by atoms with Crippen molar-refractivity contribution in [2.45, 2.75) is 19.8 Å². The number of fused-ring (bicyclic) bond motifs is 1. The number of hydrogen-bond acceptors (Lipinski definition) is 5. The molecule has 7 heteroatoms. The summed E-state index contributed by atoms with van der Waals surface area (Å²) >= 11 is 0. The zero-order chi connectivity index (χ0) is 19.7. The average molecular weight is 374 g/mol. The first-order valence-corrected chi connectivity index (χ1v) is 8.88. The number of ketones is 1. The largest absolute Gasteiger partial charge is 0.478 e. The van der Waals surface area contributed by atoms with Crippen LogP contribution in [0.4, 0.5) is 5.69 Å². The number of pyridine rings is 1. The first-order valence-electron chi connectivity index (χ1n) is 8.88. The molecule has 0 atom stereocenters. The highest BCUT2D eigenvalue weighted by atomic mass is 16.4. The summed E-state index contributed by atoms with van der Waals surface area (Å²) in [5.41, 5.74) is 3.30. The summed E-state index contributed by atoms with van der Waals surface area (Å²) in [6.07, 6.45) is 4.47. The SMILES string of the molecule is Cc1nn(-c2ccccn2)c2c1C(=O)/C(=C/Nc1ccccc1C(=O)O)CC2. The highest BCUT2D eigenvalue weighted by Gasteiger charge is 2.29. The molecular weight excluding hydrogens is 356 g/mol.